The van der Waals surface area contributed by atoms with Crippen LogP contribution in [0.1, 0.15) is 42.2 Å². The molecule has 0 spiro atoms. The number of hydrogen-bond acceptors (Lipinski definition) is 5. The summed E-state index contributed by atoms with van der Waals surface area (Å²) in [7, 11) is 1.38. The Morgan fingerprint density at radius 1 is 1.50 bits per heavy atom. The summed E-state index contributed by atoms with van der Waals surface area (Å²) in [5.41, 5.74) is 1.46. The number of carbonyl (C=O) groups is 1. The molecule has 1 N–H and O–H groups in total. The molecule has 4 nitrogen and oxygen atoms in total. The van der Waals surface area contributed by atoms with Gasteiger partial charge in [-0.3, -0.25) is 4.98 Å². The van der Waals surface area contributed by atoms with Crippen molar-refractivity contribution in [3.8, 4) is 0 Å². The summed E-state index contributed by atoms with van der Waals surface area (Å²) in [4.78, 5) is 15.6. The summed E-state index contributed by atoms with van der Waals surface area (Å²) in [6, 6.07) is 4.24. The largest absolute Gasteiger partial charge is 0.465 e. The third-order valence-corrected chi connectivity index (χ3v) is 4.84. The van der Waals surface area contributed by atoms with Gasteiger partial charge in [0.25, 0.3) is 0 Å². The average molecular weight is 294 g/mol. The van der Waals surface area contributed by atoms with Crippen molar-refractivity contribution in [1.82, 2.24) is 10.3 Å². The predicted octanol–water partition coefficient (Wildman–Crippen LogP) is 2.63. The molecular weight excluding hydrogens is 272 g/mol. The molecule has 0 aromatic carbocycles. The molecule has 1 aliphatic rings. The highest BCUT2D eigenvalue weighted by Gasteiger charge is 2.23. The van der Waals surface area contributed by atoms with E-state index < -0.39 is 0 Å². The molecule has 110 valence electrons. The van der Waals surface area contributed by atoms with E-state index in [1.54, 1.807) is 12.3 Å². The minimum Gasteiger partial charge on any atom is -0.465 e. The highest BCUT2D eigenvalue weighted by molar-refractivity contribution is 7.99. The Morgan fingerprint density at radius 2 is 2.35 bits per heavy atom. The molecule has 1 aromatic heterocycles. The van der Waals surface area contributed by atoms with Crippen LogP contribution >= 0.6 is 11.8 Å². The number of methoxy groups -OCH3 is 1. The number of thioether (sulfide) groups is 1. The van der Waals surface area contributed by atoms with Crippen molar-refractivity contribution in [1.29, 1.82) is 0 Å². The van der Waals surface area contributed by atoms with Crippen molar-refractivity contribution >= 4 is 17.7 Å². The predicted molar refractivity (Wildman–Crippen MR) is 82.0 cm³/mol. The first-order valence-corrected chi connectivity index (χ1v) is 8.16. The molecule has 0 amide bonds. The molecule has 1 fully saturated rings. The molecule has 20 heavy (non-hydrogen) atoms. The number of nitrogens with zero attached hydrogens (tertiary/aromatic N) is 1. The van der Waals surface area contributed by atoms with Crippen LogP contribution in [0.4, 0.5) is 0 Å². The molecule has 2 rings (SSSR count). The number of hydrogen-bond donors (Lipinski definition) is 1. The van der Waals surface area contributed by atoms with Gasteiger partial charge in [-0.25, -0.2) is 4.79 Å². The molecule has 1 aromatic rings. The summed E-state index contributed by atoms with van der Waals surface area (Å²) >= 11 is 2.06. The Labute approximate surface area is 124 Å². The molecule has 0 saturated heterocycles. The maximum absolute atomic E-state index is 11.3. The fraction of sp³-hybridized carbons (Fsp3) is 0.600. The minimum atomic E-state index is -0.341. The summed E-state index contributed by atoms with van der Waals surface area (Å²) in [5.74, 6) is 0.862. The molecular formula is C15H22N2O2S. The average Bonchev–Trinajstić information content (AvgIpc) is 2.93. The number of aromatic nitrogens is 1. The number of pyridine rings is 1. The lowest BCUT2D eigenvalue weighted by atomic mass is 10.2. The van der Waals surface area contributed by atoms with E-state index in [0.29, 0.717) is 11.6 Å². The van der Waals surface area contributed by atoms with Gasteiger partial charge in [0.05, 0.1) is 18.4 Å². The lowest BCUT2D eigenvalue weighted by Gasteiger charge is -2.12. The van der Waals surface area contributed by atoms with E-state index in [1.165, 1.54) is 32.1 Å². The lowest BCUT2D eigenvalue weighted by Crippen LogP contribution is -2.26. The van der Waals surface area contributed by atoms with Gasteiger partial charge in [0.2, 0.25) is 0 Å². The molecule has 1 heterocycles. The second-order valence-corrected chi connectivity index (χ2v) is 6.58. The fourth-order valence-electron chi connectivity index (χ4n) is 2.53. The first-order chi connectivity index (χ1) is 9.72. The lowest BCUT2D eigenvalue weighted by molar-refractivity contribution is 0.0600. The van der Waals surface area contributed by atoms with Gasteiger partial charge in [0.15, 0.2) is 0 Å². The maximum atomic E-state index is 11.3. The van der Waals surface area contributed by atoms with Gasteiger partial charge < -0.3 is 10.1 Å². The topological polar surface area (TPSA) is 51.2 Å². The maximum Gasteiger partial charge on any atom is 0.339 e. The normalized spacial score (nSPS) is 21.9. The van der Waals surface area contributed by atoms with Crippen molar-refractivity contribution in [2.24, 2.45) is 0 Å². The van der Waals surface area contributed by atoms with Crippen molar-refractivity contribution in [3.05, 3.63) is 29.6 Å². The summed E-state index contributed by atoms with van der Waals surface area (Å²) < 4.78 is 4.66. The third kappa shape index (κ3) is 4.21. The second-order valence-electron chi connectivity index (χ2n) is 5.00. The van der Waals surface area contributed by atoms with E-state index in [2.05, 4.69) is 33.7 Å². The number of rotatable bonds is 6. The van der Waals surface area contributed by atoms with Crippen LogP contribution in [0, 0.1) is 0 Å². The van der Waals surface area contributed by atoms with Crippen LogP contribution in [-0.2, 0) is 11.3 Å². The fourth-order valence-corrected chi connectivity index (χ4v) is 3.67. The van der Waals surface area contributed by atoms with Gasteiger partial charge in [0.1, 0.15) is 0 Å². The Hall–Kier alpha value is -1.07. The smallest absolute Gasteiger partial charge is 0.339 e. The van der Waals surface area contributed by atoms with E-state index in [-0.39, 0.29) is 5.97 Å². The zero-order chi connectivity index (χ0) is 14.4. The van der Waals surface area contributed by atoms with Gasteiger partial charge in [0, 0.05) is 24.0 Å². The Bertz CT molecular complexity index is 436. The molecule has 0 bridgehead atoms. The van der Waals surface area contributed by atoms with E-state index in [4.69, 9.17) is 0 Å². The van der Waals surface area contributed by atoms with Gasteiger partial charge in [-0.1, -0.05) is 6.92 Å². The van der Waals surface area contributed by atoms with E-state index in [0.717, 1.165) is 17.5 Å². The van der Waals surface area contributed by atoms with Crippen LogP contribution in [0.15, 0.2) is 18.3 Å². The molecule has 5 heteroatoms. The van der Waals surface area contributed by atoms with Crippen molar-refractivity contribution < 1.29 is 9.53 Å². The number of esters is 1. The Balaban J connectivity index is 1.78. The van der Waals surface area contributed by atoms with Crippen molar-refractivity contribution in [3.63, 3.8) is 0 Å². The molecule has 2 atom stereocenters. The van der Waals surface area contributed by atoms with Crippen LogP contribution in [0.2, 0.25) is 0 Å². The summed E-state index contributed by atoms with van der Waals surface area (Å²) in [6.07, 6.45) is 5.38. The van der Waals surface area contributed by atoms with Gasteiger partial charge >= 0.3 is 5.97 Å². The van der Waals surface area contributed by atoms with Crippen LogP contribution in [0.3, 0.4) is 0 Å². The molecule has 1 saturated carbocycles. The Kier molecular flexibility index (Phi) is 5.86. The van der Waals surface area contributed by atoms with Crippen LogP contribution in [0.25, 0.3) is 0 Å². The van der Waals surface area contributed by atoms with E-state index in [9.17, 15) is 4.79 Å². The first-order valence-electron chi connectivity index (χ1n) is 7.11. The molecule has 2 unspecified atom stereocenters. The van der Waals surface area contributed by atoms with Crippen molar-refractivity contribution in [2.45, 2.75) is 44.0 Å². The molecule has 0 radical (unpaired) electrons. The highest BCUT2D eigenvalue weighted by atomic mass is 32.2. The number of ether oxygens (including phenoxy) is 1. The van der Waals surface area contributed by atoms with Gasteiger partial charge in [-0.2, -0.15) is 11.8 Å². The van der Waals surface area contributed by atoms with Crippen LogP contribution in [-0.4, -0.2) is 35.1 Å². The molecule has 1 aliphatic carbocycles. The summed E-state index contributed by atoms with van der Waals surface area (Å²) in [6.45, 7) is 2.98. The van der Waals surface area contributed by atoms with Crippen LogP contribution in [0.5, 0.6) is 0 Å². The van der Waals surface area contributed by atoms with E-state index in [1.807, 2.05) is 6.07 Å². The minimum absolute atomic E-state index is 0.341. The monoisotopic (exact) mass is 294 g/mol. The zero-order valence-electron chi connectivity index (χ0n) is 12.1. The van der Waals surface area contributed by atoms with Gasteiger partial charge in [-0.05, 0) is 37.1 Å². The SMILES string of the molecule is CCSC1CCC(NCc2ccc(C(=O)OC)cn2)C1. The van der Waals surface area contributed by atoms with E-state index >= 15 is 0 Å². The van der Waals surface area contributed by atoms with Crippen molar-refractivity contribution in [2.75, 3.05) is 12.9 Å². The third-order valence-electron chi connectivity index (χ3n) is 3.60. The Morgan fingerprint density at radius 3 is 3.00 bits per heavy atom. The second kappa shape index (κ2) is 7.64. The quantitative estimate of drug-likeness (QED) is 0.817. The zero-order valence-corrected chi connectivity index (χ0v) is 12.9. The number of carbonyl (C=O) groups excluding carboxylic acids is 1. The first kappa shape index (κ1) is 15.3. The number of nitrogens with one attached hydrogen (secondary N) is 1. The standard InChI is InChI=1S/C15H22N2O2S/c1-3-20-14-7-6-12(8-14)17-10-13-5-4-11(9-16-13)15(18)19-2/h4-5,9,12,14,17H,3,6-8,10H2,1-2H3. The molecule has 0 aliphatic heterocycles. The van der Waals surface area contributed by atoms with Crippen LogP contribution < -0.4 is 5.32 Å². The summed E-state index contributed by atoms with van der Waals surface area (Å²) in [5, 5.41) is 4.37. The highest BCUT2D eigenvalue weighted by Crippen LogP contribution is 2.29. The van der Waals surface area contributed by atoms with Gasteiger partial charge in [-0.15, -0.1) is 0 Å².